The minimum absolute atomic E-state index is 0.248. The van der Waals surface area contributed by atoms with Crippen LogP contribution in [0.1, 0.15) is 18.4 Å². The summed E-state index contributed by atoms with van der Waals surface area (Å²) in [5.41, 5.74) is 17.0. The van der Waals surface area contributed by atoms with Crippen molar-refractivity contribution in [2.75, 3.05) is 0 Å². The minimum Gasteiger partial charge on any atom is -0.387 e. The summed E-state index contributed by atoms with van der Waals surface area (Å²) in [7, 11) is 0. The van der Waals surface area contributed by atoms with E-state index in [4.69, 9.17) is 16.9 Å². The summed E-state index contributed by atoms with van der Waals surface area (Å²) in [5, 5.41) is 7.16. The summed E-state index contributed by atoms with van der Waals surface area (Å²) in [6.07, 6.45) is 6.10. The van der Waals surface area contributed by atoms with Gasteiger partial charge in [0, 0.05) is 18.2 Å². The molecule has 0 atom stereocenters. The van der Waals surface area contributed by atoms with Gasteiger partial charge in [-0.3, -0.25) is 9.81 Å². The van der Waals surface area contributed by atoms with Crippen LogP contribution in [0.25, 0.3) is 28.0 Å². The van der Waals surface area contributed by atoms with Gasteiger partial charge in [-0.2, -0.15) is 0 Å². The van der Waals surface area contributed by atoms with E-state index < -0.39 is 0 Å². The third kappa shape index (κ3) is 4.78. The summed E-state index contributed by atoms with van der Waals surface area (Å²) < 4.78 is 15.2. The first kappa shape index (κ1) is 20.3. The summed E-state index contributed by atoms with van der Waals surface area (Å²) in [4.78, 5) is 8.33. The van der Waals surface area contributed by atoms with Crippen molar-refractivity contribution in [3.05, 3.63) is 84.4 Å². The van der Waals surface area contributed by atoms with Crippen LogP contribution >= 0.6 is 0 Å². The van der Waals surface area contributed by atoms with Gasteiger partial charge < -0.3 is 11.5 Å². The van der Waals surface area contributed by atoms with E-state index in [0.29, 0.717) is 12.3 Å². The molecule has 0 aliphatic heterocycles. The molecule has 0 saturated carbocycles. The fraction of sp³-hybridized carbons (Fsp3) is 0.125. The molecular weight excluding hydrogens is 391 g/mol. The number of nitrogens with zero attached hydrogens (tertiary/aromatic N) is 3. The highest BCUT2D eigenvalue weighted by Gasteiger charge is 2.08. The first-order valence-electron chi connectivity index (χ1n) is 9.99. The number of pyridine rings is 1. The Labute approximate surface area is 179 Å². The number of nitrogens with one attached hydrogen (secondary N) is 1. The summed E-state index contributed by atoms with van der Waals surface area (Å²) >= 11 is 0. The van der Waals surface area contributed by atoms with Crippen molar-refractivity contribution in [2.45, 2.75) is 19.3 Å². The Morgan fingerprint density at radius 3 is 2.58 bits per heavy atom. The third-order valence-corrected chi connectivity index (χ3v) is 5.08. The van der Waals surface area contributed by atoms with E-state index in [0.717, 1.165) is 40.9 Å². The Balaban J connectivity index is 1.54. The molecule has 0 amide bonds. The highest BCUT2D eigenvalue weighted by Crippen LogP contribution is 2.26. The van der Waals surface area contributed by atoms with E-state index in [2.05, 4.69) is 28.2 Å². The number of aryl methyl sites for hydroxylation is 1. The van der Waals surface area contributed by atoms with Gasteiger partial charge in [-0.15, -0.1) is 0 Å². The average Bonchev–Trinajstić information content (AvgIpc) is 3.17. The quantitative estimate of drug-likeness (QED) is 0.322. The van der Waals surface area contributed by atoms with Crippen LogP contribution in [0, 0.1) is 11.2 Å². The van der Waals surface area contributed by atoms with Crippen LogP contribution in [0.2, 0.25) is 0 Å². The Morgan fingerprint density at radius 1 is 1.00 bits per heavy atom. The Hall–Kier alpha value is -4.00. The second-order valence-corrected chi connectivity index (χ2v) is 7.34. The SMILES string of the molecule is N=C(N)/N=C(\N)CCCc1cccc(-c2cnc3cc(-c4ccc(F)cc4)ccn23)c1. The molecule has 2 aromatic carbocycles. The average molecular weight is 414 g/mol. The van der Waals surface area contributed by atoms with Crippen molar-refractivity contribution < 1.29 is 4.39 Å². The van der Waals surface area contributed by atoms with Gasteiger partial charge in [0.1, 0.15) is 17.3 Å². The van der Waals surface area contributed by atoms with Crippen LogP contribution in [0.15, 0.2) is 78.0 Å². The topological polar surface area (TPSA) is 106 Å². The molecule has 7 heteroatoms. The predicted molar refractivity (Wildman–Crippen MR) is 122 cm³/mol. The molecule has 2 aromatic heterocycles. The molecule has 0 fully saturated rings. The molecule has 0 bridgehead atoms. The number of hydrogen-bond donors (Lipinski definition) is 3. The zero-order valence-corrected chi connectivity index (χ0v) is 16.9. The number of nitrogens with two attached hydrogens (primary N) is 2. The molecule has 2 heterocycles. The van der Waals surface area contributed by atoms with E-state index in [9.17, 15) is 4.39 Å². The Morgan fingerprint density at radius 2 is 1.81 bits per heavy atom. The predicted octanol–water partition coefficient (Wildman–Crippen LogP) is 4.38. The van der Waals surface area contributed by atoms with Crippen molar-refractivity contribution in [3.8, 4) is 22.4 Å². The molecule has 0 saturated heterocycles. The van der Waals surface area contributed by atoms with Gasteiger partial charge in [0.15, 0.2) is 0 Å². The molecule has 6 nitrogen and oxygen atoms in total. The number of guanidine groups is 1. The molecule has 4 aromatic rings. The number of aromatic nitrogens is 2. The van der Waals surface area contributed by atoms with E-state index >= 15 is 0 Å². The van der Waals surface area contributed by atoms with Crippen molar-refractivity contribution >= 4 is 17.4 Å². The molecular formula is C24H23FN6. The largest absolute Gasteiger partial charge is 0.387 e. The standard InChI is InChI=1S/C24H23FN6/c25-20-9-7-17(8-10-20)18-11-12-31-21(15-29-23(31)14-18)19-5-1-3-16(13-19)4-2-6-22(26)30-24(27)28/h1,3,5,7-15H,2,4,6H2,(H5,26,27,28,30). The fourth-order valence-corrected chi connectivity index (χ4v) is 3.59. The number of imidazole rings is 1. The van der Waals surface area contributed by atoms with Crippen LogP contribution < -0.4 is 11.5 Å². The van der Waals surface area contributed by atoms with Gasteiger partial charge >= 0.3 is 0 Å². The van der Waals surface area contributed by atoms with Crippen molar-refractivity contribution in [3.63, 3.8) is 0 Å². The molecule has 0 spiro atoms. The van der Waals surface area contributed by atoms with Gasteiger partial charge in [-0.05, 0) is 59.9 Å². The van der Waals surface area contributed by atoms with Crippen LogP contribution in [0.4, 0.5) is 4.39 Å². The lowest BCUT2D eigenvalue weighted by Crippen LogP contribution is -2.17. The molecule has 31 heavy (non-hydrogen) atoms. The van der Waals surface area contributed by atoms with Crippen molar-refractivity contribution in [1.29, 1.82) is 5.41 Å². The lowest BCUT2D eigenvalue weighted by Gasteiger charge is -2.07. The van der Waals surface area contributed by atoms with E-state index in [1.54, 1.807) is 12.1 Å². The molecule has 0 radical (unpaired) electrons. The molecule has 0 aliphatic carbocycles. The lowest BCUT2D eigenvalue weighted by molar-refractivity contribution is 0.628. The number of rotatable bonds is 6. The zero-order chi connectivity index (χ0) is 21.8. The van der Waals surface area contributed by atoms with Gasteiger partial charge in [0.25, 0.3) is 0 Å². The second kappa shape index (κ2) is 8.79. The first-order chi connectivity index (χ1) is 15.0. The number of hydrogen-bond acceptors (Lipinski definition) is 2. The number of benzene rings is 2. The van der Waals surface area contributed by atoms with Gasteiger partial charge in [0.05, 0.1) is 11.9 Å². The Bertz CT molecular complexity index is 1260. The molecule has 5 N–H and O–H groups in total. The van der Waals surface area contributed by atoms with Gasteiger partial charge in [-0.25, -0.2) is 14.4 Å². The van der Waals surface area contributed by atoms with E-state index in [1.165, 1.54) is 17.7 Å². The van der Waals surface area contributed by atoms with E-state index in [-0.39, 0.29) is 11.8 Å². The second-order valence-electron chi connectivity index (χ2n) is 7.34. The summed E-state index contributed by atoms with van der Waals surface area (Å²) in [6, 6.07) is 18.8. The van der Waals surface area contributed by atoms with Crippen LogP contribution in [-0.4, -0.2) is 21.2 Å². The lowest BCUT2D eigenvalue weighted by atomic mass is 10.0. The molecule has 156 valence electrons. The number of halogens is 1. The molecule has 0 unspecified atom stereocenters. The minimum atomic E-state index is -0.269. The normalized spacial score (nSPS) is 11.7. The van der Waals surface area contributed by atoms with Gasteiger partial charge in [0.2, 0.25) is 5.96 Å². The van der Waals surface area contributed by atoms with Crippen LogP contribution in [0.3, 0.4) is 0 Å². The first-order valence-corrected chi connectivity index (χ1v) is 9.99. The maximum absolute atomic E-state index is 13.2. The number of fused-ring (bicyclic) bond motifs is 1. The maximum Gasteiger partial charge on any atom is 0.214 e. The number of amidine groups is 1. The van der Waals surface area contributed by atoms with Crippen LogP contribution in [-0.2, 0) is 6.42 Å². The molecule has 4 rings (SSSR count). The summed E-state index contributed by atoms with van der Waals surface area (Å²) in [6.45, 7) is 0. The third-order valence-electron chi connectivity index (χ3n) is 5.08. The zero-order valence-electron chi connectivity index (χ0n) is 16.9. The van der Waals surface area contributed by atoms with Crippen LogP contribution in [0.5, 0.6) is 0 Å². The Kier molecular flexibility index (Phi) is 5.75. The van der Waals surface area contributed by atoms with Gasteiger partial charge in [-0.1, -0.05) is 30.3 Å². The number of aliphatic imine (C=N–C) groups is 1. The molecule has 0 aliphatic rings. The van der Waals surface area contributed by atoms with Crippen molar-refractivity contribution in [2.24, 2.45) is 16.5 Å². The summed E-state index contributed by atoms with van der Waals surface area (Å²) in [5.74, 6) is -0.140. The van der Waals surface area contributed by atoms with E-state index in [1.807, 2.05) is 35.0 Å². The fourth-order valence-electron chi connectivity index (χ4n) is 3.59. The highest BCUT2D eigenvalue weighted by atomic mass is 19.1. The maximum atomic E-state index is 13.2. The monoisotopic (exact) mass is 414 g/mol. The highest BCUT2D eigenvalue weighted by molar-refractivity contribution is 5.92. The smallest absolute Gasteiger partial charge is 0.214 e. The van der Waals surface area contributed by atoms with Crippen molar-refractivity contribution in [1.82, 2.24) is 9.38 Å².